The Morgan fingerprint density at radius 1 is 1.20 bits per heavy atom. The first-order valence-corrected chi connectivity index (χ1v) is 6.74. The van der Waals surface area contributed by atoms with Crippen LogP contribution in [-0.2, 0) is 0 Å². The molecule has 0 spiro atoms. The quantitative estimate of drug-likeness (QED) is 0.637. The molecule has 0 rings (SSSR count). The van der Waals surface area contributed by atoms with Gasteiger partial charge >= 0.3 is 0 Å². The van der Waals surface area contributed by atoms with E-state index in [4.69, 9.17) is 5.73 Å². The minimum absolute atomic E-state index is 0.350. The average molecular weight is 213 g/mol. The first-order valence-electron chi connectivity index (χ1n) is 6.74. The van der Waals surface area contributed by atoms with Gasteiger partial charge in [0.1, 0.15) is 0 Å². The van der Waals surface area contributed by atoms with Crippen molar-refractivity contribution in [2.45, 2.75) is 79.2 Å². The summed E-state index contributed by atoms with van der Waals surface area (Å²) in [5.41, 5.74) is 6.56. The first-order chi connectivity index (χ1) is 6.99. The summed E-state index contributed by atoms with van der Waals surface area (Å²) in [5.74, 6) is 0.701. The molecular weight excluding hydrogens is 182 g/mol. The molecule has 15 heavy (non-hydrogen) atoms. The van der Waals surface area contributed by atoms with Crippen molar-refractivity contribution in [1.29, 1.82) is 0 Å². The standard InChI is InChI=1S/C14H31N/c1-6-9-10-14(5,8-3)11-13(7-2)12(4)15/h12-13H,6-11,15H2,1-5H3/t12?,13?,14-/m0/s1. The summed E-state index contributed by atoms with van der Waals surface area (Å²) in [7, 11) is 0. The van der Waals surface area contributed by atoms with Crippen molar-refractivity contribution < 1.29 is 0 Å². The molecule has 0 saturated carbocycles. The average Bonchev–Trinajstić information content (AvgIpc) is 2.22. The molecule has 0 fully saturated rings. The van der Waals surface area contributed by atoms with E-state index in [9.17, 15) is 0 Å². The van der Waals surface area contributed by atoms with Crippen molar-refractivity contribution in [2.75, 3.05) is 0 Å². The van der Waals surface area contributed by atoms with E-state index >= 15 is 0 Å². The normalized spacial score (nSPS) is 19.6. The number of hydrogen-bond donors (Lipinski definition) is 1. The highest BCUT2D eigenvalue weighted by molar-refractivity contribution is 4.79. The van der Waals surface area contributed by atoms with Crippen molar-refractivity contribution in [2.24, 2.45) is 17.1 Å². The predicted octanol–water partition coefficient (Wildman–Crippen LogP) is 4.36. The highest BCUT2D eigenvalue weighted by Crippen LogP contribution is 2.36. The van der Waals surface area contributed by atoms with E-state index < -0.39 is 0 Å². The monoisotopic (exact) mass is 213 g/mol. The van der Waals surface area contributed by atoms with Crippen LogP contribution in [0, 0.1) is 11.3 Å². The van der Waals surface area contributed by atoms with Crippen LogP contribution < -0.4 is 5.73 Å². The Bertz CT molecular complexity index is 153. The number of hydrogen-bond acceptors (Lipinski definition) is 1. The van der Waals surface area contributed by atoms with E-state index in [1.165, 1.54) is 38.5 Å². The molecule has 0 aromatic carbocycles. The lowest BCUT2D eigenvalue weighted by molar-refractivity contribution is 0.190. The lowest BCUT2D eigenvalue weighted by atomic mass is 9.73. The van der Waals surface area contributed by atoms with Gasteiger partial charge in [-0.05, 0) is 31.1 Å². The van der Waals surface area contributed by atoms with Crippen LogP contribution in [0.2, 0.25) is 0 Å². The van der Waals surface area contributed by atoms with Gasteiger partial charge in [-0.1, -0.05) is 53.4 Å². The van der Waals surface area contributed by atoms with E-state index in [0.717, 1.165) is 0 Å². The Labute approximate surface area is 96.8 Å². The fraction of sp³-hybridized carbons (Fsp3) is 1.00. The molecule has 0 radical (unpaired) electrons. The fourth-order valence-corrected chi connectivity index (χ4v) is 2.36. The van der Waals surface area contributed by atoms with Gasteiger partial charge in [-0.15, -0.1) is 0 Å². The van der Waals surface area contributed by atoms with Gasteiger partial charge in [0.15, 0.2) is 0 Å². The number of unbranched alkanes of at least 4 members (excludes halogenated alkanes) is 1. The molecule has 3 atom stereocenters. The molecular formula is C14H31N. The first kappa shape index (κ1) is 15.0. The van der Waals surface area contributed by atoms with E-state index in [1.54, 1.807) is 0 Å². The maximum Gasteiger partial charge on any atom is 0.00388 e. The second kappa shape index (κ2) is 7.27. The summed E-state index contributed by atoms with van der Waals surface area (Å²) in [6, 6.07) is 0.350. The fourth-order valence-electron chi connectivity index (χ4n) is 2.36. The Kier molecular flexibility index (Phi) is 7.25. The molecule has 0 heterocycles. The summed E-state index contributed by atoms with van der Waals surface area (Å²) in [6.45, 7) is 11.5. The minimum atomic E-state index is 0.350. The lowest BCUT2D eigenvalue weighted by Crippen LogP contribution is -2.31. The van der Waals surface area contributed by atoms with Crippen molar-refractivity contribution in [3.63, 3.8) is 0 Å². The van der Waals surface area contributed by atoms with Gasteiger partial charge in [-0.2, -0.15) is 0 Å². The van der Waals surface area contributed by atoms with E-state index in [0.29, 0.717) is 17.4 Å². The van der Waals surface area contributed by atoms with E-state index in [2.05, 4.69) is 34.6 Å². The zero-order valence-corrected chi connectivity index (χ0v) is 11.5. The Hall–Kier alpha value is -0.0400. The van der Waals surface area contributed by atoms with Gasteiger partial charge in [0.05, 0.1) is 0 Å². The number of nitrogens with two attached hydrogens (primary N) is 1. The predicted molar refractivity (Wildman–Crippen MR) is 70.0 cm³/mol. The molecule has 0 saturated heterocycles. The topological polar surface area (TPSA) is 26.0 Å². The molecule has 0 aromatic heterocycles. The third-order valence-corrected chi connectivity index (χ3v) is 4.01. The maximum absolute atomic E-state index is 6.04. The zero-order valence-electron chi connectivity index (χ0n) is 11.5. The van der Waals surface area contributed by atoms with Crippen LogP contribution in [0.25, 0.3) is 0 Å². The molecule has 0 bridgehead atoms. The van der Waals surface area contributed by atoms with Gasteiger partial charge in [0.2, 0.25) is 0 Å². The summed E-state index contributed by atoms with van der Waals surface area (Å²) >= 11 is 0. The van der Waals surface area contributed by atoms with E-state index in [-0.39, 0.29) is 0 Å². The molecule has 92 valence electrons. The third kappa shape index (κ3) is 5.55. The van der Waals surface area contributed by atoms with Crippen LogP contribution in [-0.4, -0.2) is 6.04 Å². The molecule has 0 aliphatic rings. The second-order valence-corrected chi connectivity index (χ2v) is 5.50. The molecule has 0 aliphatic carbocycles. The van der Waals surface area contributed by atoms with Gasteiger partial charge in [0, 0.05) is 6.04 Å². The summed E-state index contributed by atoms with van der Waals surface area (Å²) in [5, 5.41) is 0. The lowest BCUT2D eigenvalue weighted by Gasteiger charge is -2.34. The van der Waals surface area contributed by atoms with Crippen molar-refractivity contribution >= 4 is 0 Å². The maximum atomic E-state index is 6.04. The van der Waals surface area contributed by atoms with Gasteiger partial charge in [0.25, 0.3) is 0 Å². The highest BCUT2D eigenvalue weighted by atomic mass is 14.6. The molecule has 1 nitrogen and oxygen atoms in total. The molecule has 2 N–H and O–H groups in total. The van der Waals surface area contributed by atoms with Crippen LogP contribution in [0.1, 0.15) is 73.1 Å². The number of rotatable bonds is 8. The summed E-state index contributed by atoms with van der Waals surface area (Å²) < 4.78 is 0. The largest absolute Gasteiger partial charge is 0.328 e. The van der Waals surface area contributed by atoms with Crippen molar-refractivity contribution in [1.82, 2.24) is 0 Å². The molecule has 0 aliphatic heterocycles. The van der Waals surface area contributed by atoms with Crippen LogP contribution in [0.5, 0.6) is 0 Å². The van der Waals surface area contributed by atoms with E-state index in [1.807, 2.05) is 0 Å². The van der Waals surface area contributed by atoms with Gasteiger partial charge < -0.3 is 5.73 Å². The Morgan fingerprint density at radius 2 is 1.80 bits per heavy atom. The zero-order chi connectivity index (χ0) is 11.9. The molecule has 0 amide bonds. The Morgan fingerprint density at radius 3 is 2.13 bits per heavy atom. The van der Waals surface area contributed by atoms with Gasteiger partial charge in [-0.25, -0.2) is 0 Å². The van der Waals surface area contributed by atoms with Crippen molar-refractivity contribution in [3.8, 4) is 0 Å². The SMILES string of the molecule is CCCC[C@](C)(CC)CC(CC)C(C)N. The molecule has 1 heteroatoms. The summed E-state index contributed by atoms with van der Waals surface area (Å²) in [4.78, 5) is 0. The minimum Gasteiger partial charge on any atom is -0.328 e. The van der Waals surface area contributed by atoms with Crippen molar-refractivity contribution in [3.05, 3.63) is 0 Å². The van der Waals surface area contributed by atoms with Crippen LogP contribution in [0.3, 0.4) is 0 Å². The summed E-state index contributed by atoms with van der Waals surface area (Å²) in [6.07, 6.45) is 7.85. The Balaban J connectivity index is 4.26. The molecule has 0 aromatic rings. The molecule has 2 unspecified atom stereocenters. The van der Waals surface area contributed by atoms with Crippen LogP contribution in [0.15, 0.2) is 0 Å². The third-order valence-electron chi connectivity index (χ3n) is 4.01. The highest BCUT2D eigenvalue weighted by Gasteiger charge is 2.26. The van der Waals surface area contributed by atoms with Crippen LogP contribution >= 0.6 is 0 Å². The smallest absolute Gasteiger partial charge is 0.00388 e. The second-order valence-electron chi connectivity index (χ2n) is 5.50. The van der Waals surface area contributed by atoms with Crippen LogP contribution in [0.4, 0.5) is 0 Å². The van der Waals surface area contributed by atoms with Gasteiger partial charge in [-0.3, -0.25) is 0 Å².